The van der Waals surface area contributed by atoms with Crippen LogP contribution in [-0.2, 0) is 20.3 Å². The van der Waals surface area contributed by atoms with Crippen LogP contribution in [0.2, 0.25) is 0 Å². The number of benzene rings is 1. The monoisotopic (exact) mass is 304 g/mol. The first-order valence-corrected chi connectivity index (χ1v) is 9.02. The molecule has 3 aliphatic rings. The van der Waals surface area contributed by atoms with Crippen LogP contribution >= 0.6 is 0 Å². The van der Waals surface area contributed by atoms with E-state index in [2.05, 4.69) is 30.3 Å². The summed E-state index contributed by atoms with van der Waals surface area (Å²) in [6.07, 6.45) is 6.42. The van der Waals surface area contributed by atoms with E-state index in [-0.39, 0.29) is 11.5 Å². The molecule has 3 heterocycles. The Balaban J connectivity index is 1.57. The Morgan fingerprint density at radius 2 is 1.81 bits per heavy atom. The Bertz CT molecular complexity index is 572. The molecule has 4 rings (SSSR count). The molecule has 1 aromatic carbocycles. The van der Waals surface area contributed by atoms with Gasteiger partial charge in [-0.25, -0.2) is 0 Å². The van der Waals surface area contributed by atoms with Gasteiger partial charge in [0, 0.05) is 21.6 Å². The van der Waals surface area contributed by atoms with Crippen LogP contribution in [0.25, 0.3) is 5.57 Å². The first-order valence-electron chi connectivity index (χ1n) is 7.75. The molecule has 0 aliphatic carbocycles. The highest BCUT2D eigenvalue weighted by molar-refractivity contribution is 7.86. The van der Waals surface area contributed by atoms with Gasteiger partial charge in [-0.15, -0.1) is 0 Å². The van der Waals surface area contributed by atoms with Crippen LogP contribution in [0.1, 0.15) is 43.1 Å². The van der Waals surface area contributed by atoms with Gasteiger partial charge in [-0.1, -0.05) is 36.8 Å². The first kappa shape index (κ1) is 13.7. The Labute approximate surface area is 127 Å². The number of allylic oxidation sites excluding steroid dienone is 1. The van der Waals surface area contributed by atoms with E-state index in [9.17, 15) is 4.21 Å². The largest absolute Gasteiger partial charge is 0.346 e. The summed E-state index contributed by atoms with van der Waals surface area (Å²) < 4.78 is 23.3. The predicted molar refractivity (Wildman–Crippen MR) is 83.3 cm³/mol. The lowest BCUT2D eigenvalue weighted by molar-refractivity contribution is -0.0441. The van der Waals surface area contributed by atoms with Gasteiger partial charge in [-0.3, -0.25) is 4.21 Å². The maximum absolute atomic E-state index is 12.2. The Morgan fingerprint density at radius 1 is 1.05 bits per heavy atom. The van der Waals surface area contributed by atoms with Crippen molar-refractivity contribution >= 4 is 16.4 Å². The van der Waals surface area contributed by atoms with Crippen molar-refractivity contribution in [3.8, 4) is 0 Å². The van der Waals surface area contributed by atoms with Crippen molar-refractivity contribution in [2.24, 2.45) is 0 Å². The standard InChI is InChI=1S/C17H20O3S/c18-21-15-2-1-3-16(21)11-14(10-15)12-4-6-13(7-5-12)17-19-8-9-20-17/h4-7,10,15-17H,1-3,8-9,11H2. The Hall–Kier alpha value is -0.970. The molecule has 0 saturated carbocycles. The van der Waals surface area contributed by atoms with E-state index in [4.69, 9.17) is 9.47 Å². The molecule has 1 aromatic rings. The van der Waals surface area contributed by atoms with Crippen molar-refractivity contribution in [3.05, 3.63) is 41.5 Å². The van der Waals surface area contributed by atoms with Gasteiger partial charge in [0.1, 0.15) is 0 Å². The molecular formula is C17H20O3S. The van der Waals surface area contributed by atoms with E-state index in [0.717, 1.165) is 24.8 Å². The minimum atomic E-state index is -0.653. The van der Waals surface area contributed by atoms with Crippen molar-refractivity contribution in [3.63, 3.8) is 0 Å². The maximum Gasteiger partial charge on any atom is 0.184 e. The van der Waals surface area contributed by atoms with Crippen molar-refractivity contribution in [1.82, 2.24) is 0 Å². The lowest BCUT2D eigenvalue weighted by Gasteiger charge is -2.32. The highest BCUT2D eigenvalue weighted by Crippen LogP contribution is 2.37. The van der Waals surface area contributed by atoms with E-state index in [0.29, 0.717) is 18.5 Å². The van der Waals surface area contributed by atoms with E-state index in [1.54, 1.807) is 0 Å². The summed E-state index contributed by atoms with van der Waals surface area (Å²) in [5.74, 6) is 0. The minimum absolute atomic E-state index is 0.203. The predicted octanol–water partition coefficient (Wildman–Crippen LogP) is 3.19. The summed E-state index contributed by atoms with van der Waals surface area (Å²) in [6, 6.07) is 8.48. The van der Waals surface area contributed by atoms with Crippen molar-refractivity contribution in [2.45, 2.75) is 42.5 Å². The Morgan fingerprint density at radius 3 is 2.52 bits per heavy atom. The van der Waals surface area contributed by atoms with Crippen molar-refractivity contribution in [1.29, 1.82) is 0 Å². The molecular weight excluding hydrogens is 284 g/mol. The van der Waals surface area contributed by atoms with Crippen LogP contribution in [0.3, 0.4) is 0 Å². The fourth-order valence-corrected chi connectivity index (χ4v) is 5.45. The molecule has 0 aromatic heterocycles. The van der Waals surface area contributed by atoms with Crippen LogP contribution in [0.4, 0.5) is 0 Å². The summed E-state index contributed by atoms with van der Waals surface area (Å²) in [5, 5.41) is 0.638. The van der Waals surface area contributed by atoms with Crippen molar-refractivity contribution < 1.29 is 13.7 Å². The fourth-order valence-electron chi connectivity index (χ4n) is 3.52. The first-order chi connectivity index (χ1) is 10.3. The zero-order chi connectivity index (χ0) is 14.2. The third kappa shape index (κ3) is 2.60. The van der Waals surface area contributed by atoms with Gasteiger partial charge in [0.05, 0.1) is 18.5 Å². The third-order valence-electron chi connectivity index (χ3n) is 4.65. The molecule has 21 heavy (non-hydrogen) atoms. The summed E-state index contributed by atoms with van der Waals surface area (Å²) in [6.45, 7) is 1.35. The van der Waals surface area contributed by atoms with Gasteiger partial charge >= 0.3 is 0 Å². The van der Waals surface area contributed by atoms with E-state index in [1.807, 2.05) is 0 Å². The second-order valence-corrected chi connectivity index (χ2v) is 7.94. The van der Waals surface area contributed by atoms with Gasteiger partial charge in [0.25, 0.3) is 0 Å². The van der Waals surface area contributed by atoms with Crippen molar-refractivity contribution in [2.75, 3.05) is 13.2 Å². The molecule has 0 radical (unpaired) electrons. The smallest absolute Gasteiger partial charge is 0.184 e. The molecule has 3 atom stereocenters. The molecule has 2 fully saturated rings. The second kappa shape index (κ2) is 5.67. The quantitative estimate of drug-likeness (QED) is 0.842. The topological polar surface area (TPSA) is 35.5 Å². The summed E-state index contributed by atoms with van der Waals surface area (Å²) in [5.41, 5.74) is 3.70. The fraction of sp³-hybridized carbons (Fsp3) is 0.529. The molecule has 0 N–H and O–H groups in total. The average Bonchev–Trinajstić information content (AvgIpc) is 3.01. The molecule has 3 nitrogen and oxygen atoms in total. The zero-order valence-corrected chi connectivity index (χ0v) is 12.8. The molecule has 3 unspecified atom stereocenters. The molecule has 112 valence electrons. The highest BCUT2D eigenvalue weighted by atomic mass is 32.2. The van der Waals surface area contributed by atoms with Crippen LogP contribution in [0.15, 0.2) is 30.3 Å². The van der Waals surface area contributed by atoms with Crippen LogP contribution in [0.5, 0.6) is 0 Å². The molecule has 2 bridgehead atoms. The van der Waals surface area contributed by atoms with Gasteiger partial charge < -0.3 is 9.47 Å². The summed E-state index contributed by atoms with van der Waals surface area (Å²) in [7, 11) is -0.653. The maximum atomic E-state index is 12.2. The van der Waals surface area contributed by atoms with Gasteiger partial charge in [0.15, 0.2) is 6.29 Å². The lowest BCUT2D eigenvalue weighted by atomic mass is 9.93. The van der Waals surface area contributed by atoms with Crippen LogP contribution in [-0.4, -0.2) is 27.9 Å². The van der Waals surface area contributed by atoms with Gasteiger partial charge in [0.2, 0.25) is 0 Å². The third-order valence-corrected chi connectivity index (χ3v) is 6.68. The molecule has 0 spiro atoms. The van der Waals surface area contributed by atoms with Gasteiger partial charge in [-0.05, 0) is 30.4 Å². The van der Waals surface area contributed by atoms with Crippen LogP contribution < -0.4 is 0 Å². The van der Waals surface area contributed by atoms with E-state index < -0.39 is 10.8 Å². The summed E-state index contributed by atoms with van der Waals surface area (Å²) in [4.78, 5) is 0. The SMILES string of the molecule is O=S1C2C=C(c3ccc(C4OCCO4)cc3)CC1CCC2. The molecule has 2 saturated heterocycles. The number of fused-ring (bicyclic) bond motifs is 2. The number of ether oxygens (including phenoxy) is 2. The second-order valence-electron chi connectivity index (χ2n) is 6.01. The Kier molecular flexibility index (Phi) is 3.69. The van der Waals surface area contributed by atoms with E-state index >= 15 is 0 Å². The minimum Gasteiger partial charge on any atom is -0.346 e. The molecule has 4 heteroatoms. The normalized spacial score (nSPS) is 33.0. The average molecular weight is 304 g/mol. The lowest BCUT2D eigenvalue weighted by Crippen LogP contribution is -2.33. The zero-order valence-electron chi connectivity index (χ0n) is 12.0. The number of hydrogen-bond donors (Lipinski definition) is 0. The number of hydrogen-bond acceptors (Lipinski definition) is 3. The van der Waals surface area contributed by atoms with Crippen LogP contribution in [0, 0.1) is 0 Å². The highest BCUT2D eigenvalue weighted by Gasteiger charge is 2.33. The van der Waals surface area contributed by atoms with Gasteiger partial charge in [-0.2, -0.15) is 0 Å². The molecule has 3 aliphatic heterocycles. The molecule has 0 amide bonds. The van der Waals surface area contributed by atoms with E-state index in [1.165, 1.54) is 17.6 Å². The number of rotatable bonds is 2. The summed E-state index contributed by atoms with van der Waals surface area (Å²) >= 11 is 0.